The summed E-state index contributed by atoms with van der Waals surface area (Å²) < 4.78 is 30.4. The van der Waals surface area contributed by atoms with Crippen molar-refractivity contribution in [2.24, 2.45) is 10.7 Å². The fourth-order valence-corrected chi connectivity index (χ4v) is 2.42. The average Bonchev–Trinajstić information content (AvgIpc) is 2.87. The van der Waals surface area contributed by atoms with Crippen molar-refractivity contribution < 1.29 is 12.9 Å². The number of unbranched alkanes of at least 4 members (excludes halogenated alkanes) is 1. The number of aliphatic imine (C=N–C) groups is 1. The third-order valence-electron chi connectivity index (χ3n) is 2.38. The molecule has 1 rings (SSSR count). The lowest BCUT2D eigenvalue weighted by molar-refractivity contribution is 0.413. The molecule has 0 fully saturated rings. The Kier molecular flexibility index (Phi) is 7.02. The van der Waals surface area contributed by atoms with E-state index in [1.807, 2.05) is 0 Å². The molecule has 1 aromatic rings. The van der Waals surface area contributed by atoms with Crippen LogP contribution in [-0.2, 0) is 15.8 Å². The highest BCUT2D eigenvalue weighted by atomic mass is 32.2. The number of aromatic nitrogens is 1. The van der Waals surface area contributed by atoms with Crippen molar-refractivity contribution in [2.45, 2.75) is 25.5 Å². The number of nitrogens with zero attached hydrogens (tertiary/aromatic N) is 2. The number of nitrogens with one attached hydrogen (secondary N) is 2. The molecule has 1 heterocycles. The predicted molar refractivity (Wildman–Crippen MR) is 76.5 cm³/mol. The van der Waals surface area contributed by atoms with Crippen molar-refractivity contribution in [2.75, 3.05) is 19.6 Å². The van der Waals surface area contributed by atoms with Gasteiger partial charge in [-0.3, -0.25) is 4.99 Å². The fourth-order valence-electron chi connectivity index (χ4n) is 1.37. The van der Waals surface area contributed by atoms with Gasteiger partial charge in [0.15, 0.2) is 5.96 Å². The maximum atomic E-state index is 11.7. The molecule has 0 aliphatic rings. The third-order valence-corrected chi connectivity index (χ3v) is 3.70. The van der Waals surface area contributed by atoms with Gasteiger partial charge in [-0.25, -0.2) is 13.1 Å². The Morgan fingerprint density at radius 1 is 1.50 bits per heavy atom. The van der Waals surface area contributed by atoms with Gasteiger partial charge in [0.2, 0.25) is 10.0 Å². The lowest BCUT2D eigenvalue weighted by atomic mass is 10.3. The minimum atomic E-state index is -3.42. The Morgan fingerprint density at radius 3 is 2.95 bits per heavy atom. The second kappa shape index (κ2) is 8.54. The van der Waals surface area contributed by atoms with Crippen LogP contribution in [-0.4, -0.2) is 39.2 Å². The molecule has 0 aliphatic heterocycles. The number of hydrogen-bond acceptors (Lipinski definition) is 5. The van der Waals surface area contributed by atoms with Crippen molar-refractivity contribution in [1.82, 2.24) is 15.2 Å². The molecule has 0 aliphatic carbocycles. The van der Waals surface area contributed by atoms with E-state index in [2.05, 4.69) is 31.6 Å². The summed E-state index contributed by atoms with van der Waals surface area (Å²) in [4.78, 5) is 4.09. The first-order valence-corrected chi connectivity index (χ1v) is 8.09. The summed E-state index contributed by atoms with van der Waals surface area (Å²) in [6, 6.07) is 1.51. The smallest absolute Gasteiger partial charge is 0.217 e. The molecule has 0 spiro atoms. The highest BCUT2D eigenvalue weighted by Crippen LogP contribution is 2.00. The summed E-state index contributed by atoms with van der Waals surface area (Å²) in [6.07, 6.45) is 3.37. The van der Waals surface area contributed by atoms with E-state index in [-0.39, 0.29) is 12.3 Å². The van der Waals surface area contributed by atoms with E-state index in [1.165, 1.54) is 12.3 Å². The molecule has 0 saturated carbocycles. The van der Waals surface area contributed by atoms with Gasteiger partial charge in [-0.2, -0.15) is 0 Å². The molecule has 0 bridgehead atoms. The van der Waals surface area contributed by atoms with E-state index < -0.39 is 10.0 Å². The Hall–Kier alpha value is -1.61. The molecule has 0 unspecified atom stereocenters. The first-order valence-electron chi connectivity index (χ1n) is 6.44. The zero-order valence-electron chi connectivity index (χ0n) is 11.5. The minimum absolute atomic E-state index is 0.205. The summed E-state index contributed by atoms with van der Waals surface area (Å²) in [5.74, 6) is 0.123. The van der Waals surface area contributed by atoms with E-state index in [0.717, 1.165) is 12.8 Å². The van der Waals surface area contributed by atoms with Gasteiger partial charge in [-0.15, -0.1) is 0 Å². The molecule has 0 aromatic carbocycles. The van der Waals surface area contributed by atoms with E-state index >= 15 is 0 Å². The molecule has 20 heavy (non-hydrogen) atoms. The summed E-state index contributed by atoms with van der Waals surface area (Å²) in [5.41, 5.74) is 5.98. The van der Waals surface area contributed by atoms with Gasteiger partial charge in [0, 0.05) is 25.7 Å². The molecule has 0 atom stereocenters. The molecule has 0 amide bonds. The molecule has 8 nitrogen and oxygen atoms in total. The largest absolute Gasteiger partial charge is 0.370 e. The van der Waals surface area contributed by atoms with Gasteiger partial charge < -0.3 is 15.6 Å². The Labute approximate surface area is 118 Å². The second-order valence-electron chi connectivity index (χ2n) is 4.19. The number of hydrogen-bond donors (Lipinski definition) is 3. The predicted octanol–water partition coefficient (Wildman–Crippen LogP) is -0.202. The van der Waals surface area contributed by atoms with Crippen LogP contribution in [0.25, 0.3) is 0 Å². The van der Waals surface area contributed by atoms with Crippen LogP contribution in [0, 0.1) is 0 Å². The number of rotatable bonds is 9. The molecule has 1 aromatic heterocycles. The maximum absolute atomic E-state index is 11.7. The van der Waals surface area contributed by atoms with Crippen LogP contribution in [0.2, 0.25) is 0 Å². The zero-order valence-corrected chi connectivity index (χ0v) is 12.3. The van der Waals surface area contributed by atoms with Gasteiger partial charge in [0.1, 0.15) is 12.0 Å². The highest BCUT2D eigenvalue weighted by Gasteiger charge is 2.12. The van der Waals surface area contributed by atoms with Crippen molar-refractivity contribution in [3.63, 3.8) is 0 Å². The van der Waals surface area contributed by atoms with E-state index in [1.54, 1.807) is 0 Å². The first kappa shape index (κ1) is 16.4. The van der Waals surface area contributed by atoms with Crippen molar-refractivity contribution >= 4 is 16.0 Å². The van der Waals surface area contributed by atoms with Crippen LogP contribution >= 0.6 is 0 Å². The molecule has 4 N–H and O–H groups in total. The van der Waals surface area contributed by atoms with Gasteiger partial charge in [0.25, 0.3) is 0 Å². The Bertz CT molecular complexity index is 498. The summed E-state index contributed by atoms with van der Waals surface area (Å²) in [7, 11) is -3.42. The van der Waals surface area contributed by atoms with Gasteiger partial charge in [0.05, 0.1) is 5.69 Å². The zero-order chi connectivity index (χ0) is 14.8. The van der Waals surface area contributed by atoms with Crippen LogP contribution in [0.4, 0.5) is 0 Å². The quantitative estimate of drug-likeness (QED) is 0.330. The minimum Gasteiger partial charge on any atom is -0.370 e. The summed E-state index contributed by atoms with van der Waals surface area (Å²) in [6.45, 7) is 3.35. The van der Waals surface area contributed by atoms with Crippen LogP contribution in [0.1, 0.15) is 25.5 Å². The SMILES string of the molecule is CCCCN=C(N)NCCNS(=O)(=O)Cc1ccon1. The van der Waals surface area contributed by atoms with Crippen molar-refractivity contribution in [3.8, 4) is 0 Å². The van der Waals surface area contributed by atoms with Gasteiger partial charge >= 0.3 is 0 Å². The highest BCUT2D eigenvalue weighted by molar-refractivity contribution is 7.88. The molecule has 114 valence electrons. The van der Waals surface area contributed by atoms with Crippen molar-refractivity contribution in [1.29, 1.82) is 0 Å². The lowest BCUT2D eigenvalue weighted by Gasteiger charge is -2.07. The van der Waals surface area contributed by atoms with Gasteiger partial charge in [-0.1, -0.05) is 18.5 Å². The van der Waals surface area contributed by atoms with E-state index in [0.29, 0.717) is 24.7 Å². The topological polar surface area (TPSA) is 123 Å². The monoisotopic (exact) mass is 303 g/mol. The number of guanidine groups is 1. The molecule has 0 saturated heterocycles. The van der Waals surface area contributed by atoms with Crippen molar-refractivity contribution in [3.05, 3.63) is 18.0 Å². The van der Waals surface area contributed by atoms with Crippen LogP contribution in [0.3, 0.4) is 0 Å². The van der Waals surface area contributed by atoms with E-state index in [9.17, 15) is 8.42 Å². The third kappa shape index (κ3) is 7.10. The summed E-state index contributed by atoms with van der Waals surface area (Å²) >= 11 is 0. The van der Waals surface area contributed by atoms with Gasteiger partial charge in [-0.05, 0) is 6.42 Å². The lowest BCUT2D eigenvalue weighted by Crippen LogP contribution is -2.38. The number of nitrogens with two attached hydrogens (primary N) is 1. The Morgan fingerprint density at radius 2 is 2.30 bits per heavy atom. The average molecular weight is 303 g/mol. The molecular weight excluding hydrogens is 282 g/mol. The van der Waals surface area contributed by atoms with Crippen LogP contribution in [0.5, 0.6) is 0 Å². The normalized spacial score (nSPS) is 12.6. The molecule has 9 heteroatoms. The fraction of sp³-hybridized carbons (Fsp3) is 0.636. The maximum Gasteiger partial charge on any atom is 0.217 e. The molecular formula is C11H21N5O3S. The Balaban J connectivity index is 2.21. The molecule has 0 radical (unpaired) electrons. The standard InChI is InChI=1S/C11H21N5O3S/c1-2-3-5-13-11(12)14-6-7-15-20(17,18)9-10-4-8-19-16-10/h4,8,15H,2-3,5-7,9H2,1H3,(H3,12,13,14). The van der Waals surface area contributed by atoms with Crippen LogP contribution in [0.15, 0.2) is 21.8 Å². The van der Waals surface area contributed by atoms with Crippen LogP contribution < -0.4 is 15.8 Å². The van der Waals surface area contributed by atoms with E-state index in [4.69, 9.17) is 5.73 Å². The summed E-state index contributed by atoms with van der Waals surface area (Å²) in [5, 5.41) is 6.39. The first-order chi connectivity index (χ1) is 9.53. The number of sulfonamides is 1. The second-order valence-corrected chi connectivity index (χ2v) is 6.00.